The minimum absolute atomic E-state index is 0.00793. The van der Waals surface area contributed by atoms with E-state index in [1.165, 1.54) is 6.07 Å². The Labute approximate surface area is 129 Å². The van der Waals surface area contributed by atoms with Gasteiger partial charge < -0.3 is 10.4 Å². The quantitative estimate of drug-likeness (QED) is 0.885. The second kappa shape index (κ2) is 6.19. The highest BCUT2D eigenvalue weighted by Gasteiger charge is 2.18. The van der Waals surface area contributed by atoms with Gasteiger partial charge in [-0.15, -0.1) is 0 Å². The van der Waals surface area contributed by atoms with Gasteiger partial charge in [0.05, 0.1) is 16.1 Å². The second-order valence-corrected chi connectivity index (χ2v) is 7.06. The molecule has 0 fully saturated rings. The number of aryl methyl sites for hydroxylation is 1. The van der Waals surface area contributed by atoms with Gasteiger partial charge in [-0.2, -0.15) is 0 Å². The van der Waals surface area contributed by atoms with Crippen molar-refractivity contribution in [2.24, 2.45) is 0 Å². The molecule has 0 saturated heterocycles. The molecule has 22 heavy (non-hydrogen) atoms. The molecule has 0 aromatic heterocycles. The highest BCUT2D eigenvalue weighted by atomic mass is 32.2. The number of nitrogens with one attached hydrogen (secondary N) is 1. The van der Waals surface area contributed by atoms with Gasteiger partial charge in [0, 0.05) is 12.8 Å². The van der Waals surface area contributed by atoms with E-state index in [2.05, 4.69) is 5.32 Å². The minimum atomic E-state index is -3.54. The molecule has 0 saturated carbocycles. The van der Waals surface area contributed by atoms with Crippen LogP contribution < -0.4 is 5.32 Å². The lowest BCUT2D eigenvalue weighted by atomic mass is 10.1. The Morgan fingerprint density at radius 2 is 1.82 bits per heavy atom. The van der Waals surface area contributed by atoms with E-state index in [-0.39, 0.29) is 10.5 Å². The number of hydrogen-bond acceptors (Lipinski definition) is 4. The van der Waals surface area contributed by atoms with Crippen molar-refractivity contribution in [3.8, 4) is 0 Å². The van der Waals surface area contributed by atoms with Crippen LogP contribution in [0.2, 0.25) is 0 Å². The molecule has 6 heteroatoms. The van der Waals surface area contributed by atoms with Crippen LogP contribution in [-0.2, 0) is 16.4 Å². The maximum atomic E-state index is 11.9. The number of carboxylic acids is 1. The molecule has 0 aliphatic carbocycles. The standard InChI is InChI=1S/C16H17NO4S/c1-11-8-14(17-10-12-6-4-3-5-7-12)15(22(2,20)21)9-13(11)16(18)19/h3-9,17H,10H2,1-2H3,(H,18,19). The molecule has 0 amide bonds. The van der Waals surface area contributed by atoms with E-state index in [0.29, 0.717) is 17.8 Å². The fourth-order valence-corrected chi connectivity index (χ4v) is 3.02. The lowest BCUT2D eigenvalue weighted by Gasteiger charge is -2.14. The van der Waals surface area contributed by atoms with Gasteiger partial charge in [0.1, 0.15) is 0 Å². The molecule has 0 heterocycles. The third-order valence-electron chi connectivity index (χ3n) is 3.28. The molecule has 0 radical (unpaired) electrons. The van der Waals surface area contributed by atoms with Crippen molar-refractivity contribution in [2.45, 2.75) is 18.4 Å². The molecule has 0 bridgehead atoms. The first-order valence-electron chi connectivity index (χ1n) is 6.65. The third kappa shape index (κ3) is 3.65. The maximum Gasteiger partial charge on any atom is 0.335 e. The van der Waals surface area contributed by atoms with E-state index < -0.39 is 15.8 Å². The van der Waals surface area contributed by atoms with Crippen LogP contribution in [0, 0.1) is 6.92 Å². The number of sulfone groups is 1. The van der Waals surface area contributed by atoms with Crippen LogP contribution in [-0.4, -0.2) is 25.7 Å². The molecule has 0 aliphatic heterocycles. The number of carboxylic acid groups (broad SMARTS) is 1. The monoisotopic (exact) mass is 319 g/mol. The smallest absolute Gasteiger partial charge is 0.335 e. The van der Waals surface area contributed by atoms with Gasteiger partial charge in [0.15, 0.2) is 9.84 Å². The van der Waals surface area contributed by atoms with E-state index in [1.807, 2.05) is 30.3 Å². The average Bonchev–Trinajstić information content (AvgIpc) is 2.44. The van der Waals surface area contributed by atoms with Crippen molar-refractivity contribution in [1.29, 1.82) is 0 Å². The Morgan fingerprint density at radius 3 is 2.36 bits per heavy atom. The number of rotatable bonds is 5. The molecule has 2 aromatic carbocycles. The summed E-state index contributed by atoms with van der Waals surface area (Å²) in [7, 11) is -3.54. The van der Waals surface area contributed by atoms with Gasteiger partial charge in [-0.05, 0) is 30.2 Å². The third-order valence-corrected chi connectivity index (χ3v) is 4.42. The molecule has 2 aromatic rings. The second-order valence-electron chi connectivity index (χ2n) is 5.08. The van der Waals surface area contributed by atoms with Crippen molar-refractivity contribution in [3.05, 3.63) is 59.2 Å². The lowest BCUT2D eigenvalue weighted by Crippen LogP contribution is -2.10. The molecule has 5 nitrogen and oxygen atoms in total. The summed E-state index contributed by atoms with van der Waals surface area (Å²) in [5.41, 5.74) is 1.91. The fourth-order valence-electron chi connectivity index (χ4n) is 2.16. The summed E-state index contributed by atoms with van der Waals surface area (Å²) < 4.78 is 23.8. The molecule has 0 spiro atoms. The van der Waals surface area contributed by atoms with E-state index in [9.17, 15) is 13.2 Å². The summed E-state index contributed by atoms with van der Waals surface area (Å²) in [6.07, 6.45) is 1.07. The number of aromatic carboxylic acids is 1. The summed E-state index contributed by atoms with van der Waals surface area (Å²) in [6, 6.07) is 12.3. The van der Waals surface area contributed by atoms with Crippen LogP contribution in [0.3, 0.4) is 0 Å². The molecule has 116 valence electrons. The number of anilines is 1. The first-order chi connectivity index (χ1) is 10.3. The van der Waals surface area contributed by atoms with Gasteiger partial charge in [-0.3, -0.25) is 0 Å². The molecular weight excluding hydrogens is 302 g/mol. The lowest BCUT2D eigenvalue weighted by molar-refractivity contribution is 0.0696. The van der Waals surface area contributed by atoms with Gasteiger partial charge in [0.2, 0.25) is 0 Å². The van der Waals surface area contributed by atoms with Crippen molar-refractivity contribution in [3.63, 3.8) is 0 Å². The molecule has 0 atom stereocenters. The predicted molar refractivity (Wildman–Crippen MR) is 85.0 cm³/mol. The van der Waals surface area contributed by atoms with E-state index in [0.717, 1.165) is 11.8 Å². The normalized spacial score (nSPS) is 11.2. The number of hydrogen-bond donors (Lipinski definition) is 2. The molecule has 2 N–H and O–H groups in total. The predicted octanol–water partition coefficient (Wildman–Crippen LogP) is 2.71. The highest BCUT2D eigenvalue weighted by molar-refractivity contribution is 7.90. The zero-order valence-corrected chi connectivity index (χ0v) is 13.1. The summed E-state index contributed by atoms with van der Waals surface area (Å²) in [5.74, 6) is -1.14. The fraction of sp³-hybridized carbons (Fsp3) is 0.188. The van der Waals surface area contributed by atoms with Gasteiger partial charge in [-0.25, -0.2) is 13.2 Å². The Balaban J connectivity index is 2.42. The zero-order chi connectivity index (χ0) is 16.3. The van der Waals surface area contributed by atoms with Crippen LogP contribution in [0.1, 0.15) is 21.5 Å². The maximum absolute atomic E-state index is 11.9. The van der Waals surface area contributed by atoms with Crippen LogP contribution in [0.15, 0.2) is 47.4 Å². The molecule has 0 unspecified atom stereocenters. The molecular formula is C16H17NO4S. The summed E-state index contributed by atoms with van der Waals surface area (Å²) in [6.45, 7) is 2.10. The van der Waals surface area contributed by atoms with Gasteiger partial charge >= 0.3 is 5.97 Å². The molecule has 2 rings (SSSR count). The summed E-state index contributed by atoms with van der Waals surface area (Å²) in [5, 5.41) is 12.2. The highest BCUT2D eigenvalue weighted by Crippen LogP contribution is 2.26. The van der Waals surface area contributed by atoms with Crippen molar-refractivity contribution in [1.82, 2.24) is 0 Å². The van der Waals surface area contributed by atoms with E-state index in [4.69, 9.17) is 5.11 Å². The van der Waals surface area contributed by atoms with Crippen LogP contribution in [0.5, 0.6) is 0 Å². The Hall–Kier alpha value is -2.34. The summed E-state index contributed by atoms with van der Waals surface area (Å²) in [4.78, 5) is 11.2. The minimum Gasteiger partial charge on any atom is -0.478 e. The van der Waals surface area contributed by atoms with Gasteiger partial charge in [0.25, 0.3) is 0 Å². The van der Waals surface area contributed by atoms with Gasteiger partial charge in [-0.1, -0.05) is 30.3 Å². The first-order valence-corrected chi connectivity index (χ1v) is 8.54. The summed E-state index contributed by atoms with van der Waals surface area (Å²) >= 11 is 0. The van der Waals surface area contributed by atoms with Crippen LogP contribution in [0.25, 0.3) is 0 Å². The Bertz CT molecular complexity index is 798. The SMILES string of the molecule is Cc1cc(NCc2ccccc2)c(S(C)(=O)=O)cc1C(=O)O. The van der Waals surface area contributed by atoms with E-state index >= 15 is 0 Å². The first kappa shape index (κ1) is 16.0. The van der Waals surface area contributed by atoms with E-state index in [1.54, 1.807) is 13.0 Å². The van der Waals surface area contributed by atoms with Crippen molar-refractivity contribution in [2.75, 3.05) is 11.6 Å². The van der Waals surface area contributed by atoms with Crippen LogP contribution in [0.4, 0.5) is 5.69 Å². The zero-order valence-electron chi connectivity index (χ0n) is 12.3. The topological polar surface area (TPSA) is 83.5 Å². The largest absolute Gasteiger partial charge is 0.478 e. The van der Waals surface area contributed by atoms with Crippen molar-refractivity contribution >= 4 is 21.5 Å². The Kier molecular flexibility index (Phi) is 4.51. The molecule has 0 aliphatic rings. The van der Waals surface area contributed by atoms with Crippen LogP contribution >= 0.6 is 0 Å². The average molecular weight is 319 g/mol. The number of benzene rings is 2. The number of carbonyl (C=O) groups is 1. The van der Waals surface area contributed by atoms with Crippen molar-refractivity contribution < 1.29 is 18.3 Å². The Morgan fingerprint density at radius 1 is 1.18 bits per heavy atom.